The lowest BCUT2D eigenvalue weighted by molar-refractivity contribution is -0.371. The van der Waals surface area contributed by atoms with Gasteiger partial charge in [0.2, 0.25) is 0 Å². The van der Waals surface area contributed by atoms with E-state index in [1.807, 2.05) is 0 Å². The Morgan fingerprint density at radius 1 is 0.975 bits per heavy atom. The Bertz CT molecular complexity index is 1260. The fourth-order valence-electron chi connectivity index (χ4n) is 6.88. The molecule has 1 aromatic rings. The van der Waals surface area contributed by atoms with Crippen molar-refractivity contribution in [1.82, 2.24) is 0 Å². The Balaban J connectivity index is 1.46. The summed E-state index contributed by atoms with van der Waals surface area (Å²) in [5.41, 5.74) is -7.57. The zero-order chi connectivity index (χ0) is 29.9. The lowest BCUT2D eigenvalue weighted by Gasteiger charge is -2.60. The number of phenols is 1. The van der Waals surface area contributed by atoms with Gasteiger partial charge in [-0.1, -0.05) is 0 Å². The highest BCUT2D eigenvalue weighted by Gasteiger charge is 2.70. The minimum absolute atomic E-state index is 0.0500. The highest BCUT2D eigenvalue weighted by Crippen LogP contribution is 2.65. The van der Waals surface area contributed by atoms with Gasteiger partial charge in [0, 0.05) is 11.8 Å². The molecule has 1 aromatic carbocycles. The number of halogens is 6. The maximum Gasteiger partial charge on any atom is 0.426 e. The summed E-state index contributed by atoms with van der Waals surface area (Å²) in [7, 11) is -4.69. The number of aromatic hydroxyl groups is 1. The molecule has 2 unspecified atom stereocenters. The molecule has 40 heavy (non-hydrogen) atoms. The number of hydrogen-bond acceptors (Lipinski definition) is 8. The monoisotopic (exact) mass is 604 g/mol. The Hall–Kier alpha value is -2.59. The second kappa shape index (κ2) is 9.76. The molecule has 3 N–H and O–H groups in total. The van der Waals surface area contributed by atoms with E-state index in [9.17, 15) is 59.1 Å². The van der Waals surface area contributed by atoms with Gasteiger partial charge in [0.15, 0.2) is 0 Å². The van der Waals surface area contributed by atoms with Crippen LogP contribution in [0, 0.1) is 22.7 Å². The first-order chi connectivity index (χ1) is 18.2. The molecular formula is C24H26F6O9S. The standard InChI is InChI=1S/C24H26F6O9S/c25-23(26,27)22(34,24(28,29)30)3-4-38-19(33)21-9-13-5-14(10-21)8-20(7-13,11-21)12-39-18(32)16-6-15(40(35,36)37)1-2-17(16)31/h1-2,6,13-14,31,34H,3-5,7-12H2,(H,35,36,37). The largest absolute Gasteiger partial charge is 0.507 e. The summed E-state index contributed by atoms with van der Waals surface area (Å²) >= 11 is 0. The molecule has 4 aliphatic carbocycles. The van der Waals surface area contributed by atoms with Gasteiger partial charge in [-0.3, -0.25) is 9.35 Å². The molecule has 2 atom stereocenters. The van der Waals surface area contributed by atoms with Crippen LogP contribution in [-0.2, 0) is 24.4 Å². The third-order valence-electron chi connectivity index (χ3n) is 8.25. The first-order valence-electron chi connectivity index (χ1n) is 12.2. The van der Waals surface area contributed by atoms with E-state index < -0.39 is 80.1 Å². The first kappa shape index (κ1) is 30.4. The van der Waals surface area contributed by atoms with Gasteiger partial charge in [0.05, 0.1) is 23.5 Å². The van der Waals surface area contributed by atoms with E-state index in [1.165, 1.54) is 0 Å². The van der Waals surface area contributed by atoms with Crippen molar-refractivity contribution in [2.24, 2.45) is 22.7 Å². The number of hydrogen-bond donors (Lipinski definition) is 3. The second-order valence-electron chi connectivity index (χ2n) is 11.2. The molecule has 16 heteroatoms. The summed E-state index contributed by atoms with van der Waals surface area (Å²) in [5, 5.41) is 19.3. The molecule has 0 aliphatic heterocycles. The van der Waals surface area contributed by atoms with E-state index in [0.717, 1.165) is 24.6 Å². The summed E-state index contributed by atoms with van der Waals surface area (Å²) in [6, 6.07) is 2.49. The normalized spacial score (nSPS) is 28.4. The van der Waals surface area contributed by atoms with E-state index in [0.29, 0.717) is 12.8 Å². The summed E-state index contributed by atoms with van der Waals surface area (Å²) in [6.45, 7) is -1.58. The van der Waals surface area contributed by atoms with Crippen LogP contribution in [0.15, 0.2) is 23.1 Å². The Morgan fingerprint density at radius 3 is 2.08 bits per heavy atom. The number of ether oxygens (including phenoxy) is 2. The van der Waals surface area contributed by atoms with E-state index in [2.05, 4.69) is 0 Å². The van der Waals surface area contributed by atoms with Crippen LogP contribution in [0.25, 0.3) is 0 Å². The van der Waals surface area contributed by atoms with Crippen LogP contribution in [0.4, 0.5) is 26.3 Å². The predicted octanol–water partition coefficient (Wildman–Crippen LogP) is 4.17. The fraction of sp³-hybridized carbons (Fsp3) is 0.667. The highest BCUT2D eigenvalue weighted by molar-refractivity contribution is 7.85. The van der Waals surface area contributed by atoms with E-state index in [-0.39, 0.29) is 37.7 Å². The van der Waals surface area contributed by atoms with Crippen molar-refractivity contribution in [1.29, 1.82) is 0 Å². The number of carbonyl (C=O) groups is 2. The van der Waals surface area contributed by atoms with E-state index in [1.54, 1.807) is 0 Å². The van der Waals surface area contributed by atoms with Crippen molar-refractivity contribution in [3.8, 4) is 5.75 Å². The third kappa shape index (κ3) is 5.49. The molecule has 0 aromatic heterocycles. The van der Waals surface area contributed by atoms with Gasteiger partial charge >= 0.3 is 24.3 Å². The minimum atomic E-state index is -6.04. The molecule has 4 bridgehead atoms. The summed E-state index contributed by atoms with van der Waals surface area (Å²) in [4.78, 5) is 25.1. The number of aliphatic hydroxyl groups is 1. The molecule has 224 valence electrons. The molecular weight excluding hydrogens is 578 g/mol. The second-order valence-corrected chi connectivity index (χ2v) is 12.6. The van der Waals surface area contributed by atoms with E-state index in [4.69, 9.17) is 9.47 Å². The van der Waals surface area contributed by atoms with Crippen molar-refractivity contribution < 1.29 is 68.6 Å². The van der Waals surface area contributed by atoms with Crippen molar-refractivity contribution in [2.75, 3.05) is 13.2 Å². The van der Waals surface area contributed by atoms with Gasteiger partial charge in [-0.15, -0.1) is 0 Å². The average molecular weight is 605 g/mol. The smallest absolute Gasteiger partial charge is 0.426 e. The third-order valence-corrected chi connectivity index (χ3v) is 9.10. The molecule has 5 rings (SSSR count). The van der Waals surface area contributed by atoms with Crippen LogP contribution in [0.5, 0.6) is 5.75 Å². The molecule has 0 heterocycles. The number of carbonyl (C=O) groups excluding carboxylic acids is 2. The quantitative estimate of drug-likeness (QED) is 0.226. The Morgan fingerprint density at radius 2 is 1.55 bits per heavy atom. The lowest BCUT2D eigenvalue weighted by Crippen LogP contribution is -2.58. The Labute approximate surface area is 224 Å². The zero-order valence-corrected chi connectivity index (χ0v) is 21.5. The highest BCUT2D eigenvalue weighted by atomic mass is 32.2. The maximum absolute atomic E-state index is 13.1. The number of alkyl halides is 6. The SMILES string of the molecule is O=C(OCC12CC3CC(C1)CC(C(=O)OCCC(O)(C(F)(F)F)C(F)(F)F)(C3)C2)c1cc(S(=O)(=O)O)ccc1O. The van der Waals surface area contributed by atoms with Gasteiger partial charge in [0.25, 0.3) is 15.7 Å². The first-order valence-corrected chi connectivity index (χ1v) is 13.7. The van der Waals surface area contributed by atoms with Crippen molar-refractivity contribution in [3.63, 3.8) is 0 Å². The summed E-state index contributed by atoms with van der Waals surface area (Å²) in [5.74, 6) is -2.80. The van der Waals surface area contributed by atoms with Crippen molar-refractivity contribution in [3.05, 3.63) is 23.8 Å². The van der Waals surface area contributed by atoms with Gasteiger partial charge in [-0.05, 0) is 68.6 Å². The number of rotatable bonds is 8. The molecule has 0 amide bonds. The molecule has 0 spiro atoms. The molecule has 0 saturated heterocycles. The average Bonchev–Trinajstić information content (AvgIpc) is 2.79. The molecule has 4 saturated carbocycles. The molecule has 0 radical (unpaired) electrons. The van der Waals surface area contributed by atoms with Crippen molar-refractivity contribution in [2.45, 2.75) is 67.8 Å². The van der Waals surface area contributed by atoms with Crippen LogP contribution in [-0.4, -0.2) is 66.3 Å². The van der Waals surface area contributed by atoms with Crippen LogP contribution in [0.3, 0.4) is 0 Å². The van der Waals surface area contributed by atoms with Crippen LogP contribution in [0.1, 0.15) is 55.3 Å². The van der Waals surface area contributed by atoms with Crippen LogP contribution >= 0.6 is 0 Å². The summed E-state index contributed by atoms with van der Waals surface area (Å²) < 4.78 is 120. The van der Waals surface area contributed by atoms with Gasteiger partial charge in [-0.2, -0.15) is 34.8 Å². The van der Waals surface area contributed by atoms with Crippen molar-refractivity contribution >= 4 is 22.1 Å². The zero-order valence-electron chi connectivity index (χ0n) is 20.7. The van der Waals surface area contributed by atoms with Gasteiger partial charge in [0.1, 0.15) is 11.3 Å². The molecule has 9 nitrogen and oxygen atoms in total. The number of phenolic OH excluding ortho intramolecular Hbond substituents is 1. The summed E-state index contributed by atoms with van der Waals surface area (Å²) in [6.07, 6.45) is -11.6. The fourth-order valence-corrected chi connectivity index (χ4v) is 7.39. The maximum atomic E-state index is 13.1. The number of esters is 2. The lowest BCUT2D eigenvalue weighted by atomic mass is 9.44. The minimum Gasteiger partial charge on any atom is -0.507 e. The van der Waals surface area contributed by atoms with Gasteiger partial charge < -0.3 is 19.7 Å². The van der Waals surface area contributed by atoms with E-state index >= 15 is 0 Å². The Kier molecular flexibility index (Phi) is 7.41. The predicted molar refractivity (Wildman–Crippen MR) is 120 cm³/mol. The van der Waals surface area contributed by atoms with Crippen LogP contribution < -0.4 is 0 Å². The van der Waals surface area contributed by atoms with Gasteiger partial charge in [-0.25, -0.2) is 4.79 Å². The topological polar surface area (TPSA) is 147 Å². The van der Waals surface area contributed by atoms with Crippen LogP contribution in [0.2, 0.25) is 0 Å². The molecule has 4 aliphatic rings. The molecule has 4 fully saturated rings. The number of benzene rings is 1.